The van der Waals surface area contributed by atoms with Crippen molar-refractivity contribution in [3.8, 4) is 5.75 Å². The van der Waals surface area contributed by atoms with Crippen LogP contribution in [-0.4, -0.2) is 44.7 Å². The summed E-state index contributed by atoms with van der Waals surface area (Å²) < 4.78 is 81.9. The van der Waals surface area contributed by atoms with Gasteiger partial charge in [-0.2, -0.15) is 26.3 Å². The van der Waals surface area contributed by atoms with E-state index in [1.54, 1.807) is 4.68 Å². The molecule has 1 heterocycles. The van der Waals surface area contributed by atoms with Crippen LogP contribution in [0.2, 0.25) is 0 Å². The number of carbonyl (C=O) groups excluding carboxylic acids is 1. The van der Waals surface area contributed by atoms with E-state index in [9.17, 15) is 31.1 Å². The number of carbonyl (C=O) groups is 1. The van der Waals surface area contributed by atoms with Gasteiger partial charge in [0.15, 0.2) is 6.61 Å². The van der Waals surface area contributed by atoms with Crippen molar-refractivity contribution in [2.45, 2.75) is 36.4 Å². The zero-order valence-electron chi connectivity index (χ0n) is 14.4. The Morgan fingerprint density at radius 3 is 2.59 bits per heavy atom. The Labute approximate surface area is 163 Å². The highest BCUT2D eigenvalue weighted by molar-refractivity contribution is 7.99. The lowest BCUT2D eigenvalue weighted by molar-refractivity contribution is -0.153. The first kappa shape index (κ1) is 21.2. The maximum Gasteiger partial charge on any atom is 0.422 e. The van der Waals surface area contributed by atoms with Crippen LogP contribution in [0.4, 0.5) is 32.0 Å². The van der Waals surface area contributed by atoms with E-state index in [0.29, 0.717) is 17.3 Å². The highest BCUT2D eigenvalue weighted by Crippen LogP contribution is 2.37. The first-order valence-corrected chi connectivity index (χ1v) is 9.13. The quantitative estimate of drug-likeness (QED) is 0.521. The van der Waals surface area contributed by atoms with Crippen molar-refractivity contribution in [1.82, 2.24) is 20.2 Å². The van der Waals surface area contributed by atoms with E-state index in [1.807, 2.05) is 0 Å². The van der Waals surface area contributed by atoms with Crippen LogP contribution in [0.5, 0.6) is 5.75 Å². The maximum absolute atomic E-state index is 12.9. The van der Waals surface area contributed by atoms with E-state index in [2.05, 4.69) is 25.6 Å². The lowest BCUT2D eigenvalue weighted by atomic mass is 10.1. The Morgan fingerprint density at radius 2 is 1.97 bits per heavy atom. The van der Waals surface area contributed by atoms with Gasteiger partial charge >= 0.3 is 12.4 Å². The van der Waals surface area contributed by atoms with Crippen LogP contribution in [0.1, 0.15) is 24.4 Å². The summed E-state index contributed by atoms with van der Waals surface area (Å²) in [7, 11) is 0. The molecular weight excluding hydrogens is 428 g/mol. The fourth-order valence-corrected chi connectivity index (χ4v) is 2.98. The second-order valence-electron chi connectivity index (χ2n) is 6.09. The molecule has 1 aromatic carbocycles. The third-order valence-electron chi connectivity index (χ3n) is 3.66. The molecule has 158 valence electrons. The van der Waals surface area contributed by atoms with E-state index in [1.165, 1.54) is 0 Å². The number of anilines is 1. The minimum atomic E-state index is -4.75. The molecule has 0 bridgehead atoms. The van der Waals surface area contributed by atoms with Crippen LogP contribution < -0.4 is 10.1 Å². The van der Waals surface area contributed by atoms with Gasteiger partial charge in [-0.3, -0.25) is 4.79 Å². The molecule has 0 unspecified atom stereocenters. The Hall–Kier alpha value is -2.51. The van der Waals surface area contributed by atoms with Crippen LogP contribution in [-0.2, 0) is 11.0 Å². The van der Waals surface area contributed by atoms with Crippen LogP contribution in [0.3, 0.4) is 0 Å². The zero-order chi connectivity index (χ0) is 21.2. The topological polar surface area (TPSA) is 81.9 Å². The van der Waals surface area contributed by atoms with Gasteiger partial charge in [-0.25, -0.2) is 4.68 Å². The molecule has 29 heavy (non-hydrogen) atoms. The normalized spacial score (nSPS) is 14.7. The molecule has 1 aromatic heterocycles. The van der Waals surface area contributed by atoms with Crippen LogP contribution in [0.15, 0.2) is 23.4 Å². The number of halogens is 6. The lowest BCUT2D eigenvalue weighted by Crippen LogP contribution is -2.21. The molecule has 0 aliphatic heterocycles. The standard InChI is InChI=1S/C15H13F6N5O2S/c16-14(17,18)7-28-11-4-1-8(15(19,20)21)5-10(11)22-12(27)6-29-13-23-24-25-26(13)9-2-3-9/h1,4-5,9H,2-3,6-7H2,(H,22,27). The number of nitrogens with one attached hydrogen (secondary N) is 1. The average Bonchev–Trinajstić information content (AvgIpc) is 3.35. The van der Waals surface area contributed by atoms with Crippen molar-refractivity contribution < 1.29 is 35.9 Å². The first-order chi connectivity index (χ1) is 13.5. The molecule has 2 aromatic rings. The molecule has 0 saturated heterocycles. The second kappa shape index (κ2) is 8.08. The third-order valence-corrected chi connectivity index (χ3v) is 4.59. The number of nitrogens with zero attached hydrogens (tertiary/aromatic N) is 4. The van der Waals surface area contributed by atoms with Gasteiger partial charge < -0.3 is 10.1 Å². The number of rotatable bonds is 7. The number of thioether (sulfide) groups is 1. The molecular formula is C15H13F6N5O2S. The van der Waals surface area contributed by atoms with E-state index in [-0.39, 0.29) is 11.8 Å². The number of amides is 1. The molecule has 0 spiro atoms. The molecule has 1 saturated carbocycles. The van der Waals surface area contributed by atoms with E-state index in [0.717, 1.165) is 30.7 Å². The van der Waals surface area contributed by atoms with Crippen molar-refractivity contribution in [1.29, 1.82) is 0 Å². The van der Waals surface area contributed by atoms with Gasteiger partial charge in [0.1, 0.15) is 5.75 Å². The number of ether oxygens (including phenoxy) is 1. The Kier molecular flexibility index (Phi) is 5.91. The van der Waals surface area contributed by atoms with Gasteiger partial charge in [0, 0.05) is 0 Å². The fourth-order valence-electron chi connectivity index (χ4n) is 2.23. The van der Waals surface area contributed by atoms with Gasteiger partial charge in [-0.05, 0) is 41.5 Å². The summed E-state index contributed by atoms with van der Waals surface area (Å²) in [6.07, 6.45) is -7.65. The Balaban J connectivity index is 1.70. The number of hydrogen-bond donors (Lipinski definition) is 1. The number of benzene rings is 1. The minimum Gasteiger partial charge on any atom is -0.482 e. The minimum absolute atomic E-state index is 0.154. The number of aromatic nitrogens is 4. The molecule has 1 aliphatic carbocycles. The predicted octanol–water partition coefficient (Wildman–Crippen LogP) is 3.70. The Bertz CT molecular complexity index is 881. The number of tetrazole rings is 1. The van der Waals surface area contributed by atoms with E-state index < -0.39 is 41.9 Å². The van der Waals surface area contributed by atoms with Gasteiger partial charge in [-0.15, -0.1) is 5.10 Å². The van der Waals surface area contributed by atoms with Crippen molar-refractivity contribution in [2.24, 2.45) is 0 Å². The summed E-state index contributed by atoms with van der Waals surface area (Å²) in [5.41, 5.74) is -1.66. The van der Waals surface area contributed by atoms with Gasteiger partial charge in [0.25, 0.3) is 0 Å². The van der Waals surface area contributed by atoms with Gasteiger partial charge in [-0.1, -0.05) is 11.8 Å². The summed E-state index contributed by atoms with van der Waals surface area (Å²) >= 11 is 0.954. The predicted molar refractivity (Wildman–Crippen MR) is 88.4 cm³/mol. The second-order valence-corrected chi connectivity index (χ2v) is 7.03. The van der Waals surface area contributed by atoms with Crippen molar-refractivity contribution in [3.05, 3.63) is 23.8 Å². The molecule has 1 fully saturated rings. The molecule has 1 N–H and O–H groups in total. The molecule has 1 aliphatic rings. The van der Waals surface area contributed by atoms with Crippen molar-refractivity contribution >= 4 is 23.4 Å². The largest absolute Gasteiger partial charge is 0.482 e. The molecule has 7 nitrogen and oxygen atoms in total. The lowest BCUT2D eigenvalue weighted by Gasteiger charge is -2.16. The van der Waals surface area contributed by atoms with Crippen LogP contribution >= 0.6 is 11.8 Å². The van der Waals surface area contributed by atoms with Gasteiger partial charge in [0.2, 0.25) is 11.1 Å². The van der Waals surface area contributed by atoms with E-state index >= 15 is 0 Å². The Morgan fingerprint density at radius 1 is 1.24 bits per heavy atom. The third kappa shape index (κ3) is 5.98. The highest BCUT2D eigenvalue weighted by Gasteiger charge is 2.33. The molecule has 3 rings (SSSR count). The molecule has 0 radical (unpaired) electrons. The SMILES string of the molecule is O=C(CSc1nnnn1C1CC1)Nc1cc(C(F)(F)F)ccc1OCC(F)(F)F. The summed E-state index contributed by atoms with van der Waals surface area (Å²) in [5.74, 6) is -1.55. The smallest absolute Gasteiger partial charge is 0.422 e. The van der Waals surface area contributed by atoms with Gasteiger partial charge in [0.05, 0.1) is 23.0 Å². The summed E-state index contributed by atoms with van der Waals surface area (Å²) in [4.78, 5) is 12.1. The molecule has 0 atom stereocenters. The first-order valence-electron chi connectivity index (χ1n) is 8.14. The van der Waals surface area contributed by atoms with Crippen LogP contribution in [0, 0.1) is 0 Å². The maximum atomic E-state index is 12.9. The summed E-state index contributed by atoms with van der Waals surface area (Å²) in [5, 5.41) is 13.6. The number of alkyl halides is 6. The summed E-state index contributed by atoms with van der Waals surface area (Å²) in [6, 6.07) is 1.97. The van der Waals surface area contributed by atoms with E-state index in [4.69, 9.17) is 0 Å². The average molecular weight is 441 g/mol. The zero-order valence-corrected chi connectivity index (χ0v) is 15.2. The number of hydrogen-bond acceptors (Lipinski definition) is 6. The molecule has 1 amide bonds. The summed E-state index contributed by atoms with van der Waals surface area (Å²) in [6.45, 7) is -1.72. The monoisotopic (exact) mass is 441 g/mol. The van der Waals surface area contributed by atoms with Crippen LogP contribution in [0.25, 0.3) is 0 Å². The van der Waals surface area contributed by atoms with Crippen molar-refractivity contribution in [2.75, 3.05) is 17.7 Å². The van der Waals surface area contributed by atoms with Crippen molar-refractivity contribution in [3.63, 3.8) is 0 Å². The fraction of sp³-hybridized carbons (Fsp3) is 0.467. The highest BCUT2D eigenvalue weighted by atomic mass is 32.2. The molecule has 14 heteroatoms.